The number of hydrogen-bond donors (Lipinski definition) is 0. The fourth-order valence-corrected chi connectivity index (χ4v) is 1.89. The molecule has 0 bridgehead atoms. The number of benzene rings is 1. The van der Waals surface area contributed by atoms with Gasteiger partial charge in [-0.2, -0.15) is 0 Å². The van der Waals surface area contributed by atoms with Crippen molar-refractivity contribution >= 4 is 12.1 Å². The predicted molar refractivity (Wildman–Crippen MR) is 81.6 cm³/mol. The highest BCUT2D eigenvalue weighted by atomic mass is 16.7. The van der Waals surface area contributed by atoms with Crippen molar-refractivity contribution in [3.63, 3.8) is 0 Å². The zero-order chi connectivity index (χ0) is 17.1. The number of rotatable bonds is 8. The maximum Gasteiger partial charge on any atom is 0.509 e. The minimum absolute atomic E-state index is 0.0965. The monoisotopic (exact) mass is 321 g/mol. The molecule has 1 rings (SSSR count). The van der Waals surface area contributed by atoms with Gasteiger partial charge in [0.1, 0.15) is 0 Å². The first-order chi connectivity index (χ1) is 11.1. The van der Waals surface area contributed by atoms with Gasteiger partial charge in [-0.15, -0.1) is 0 Å². The number of esters is 1. The summed E-state index contributed by atoms with van der Waals surface area (Å²) in [6, 6.07) is 8.15. The van der Waals surface area contributed by atoms with Gasteiger partial charge in [0, 0.05) is 4.91 Å². The third-order valence-corrected chi connectivity index (χ3v) is 2.84. The number of carbonyl (C=O) groups excluding carboxylic acids is 2. The van der Waals surface area contributed by atoms with E-state index < -0.39 is 24.3 Å². The molecule has 0 heterocycles. The molecule has 0 aliphatic heterocycles. The van der Waals surface area contributed by atoms with E-state index in [0.29, 0.717) is 0 Å². The number of nitrogens with zero attached hydrogens (tertiary/aromatic N) is 3. The maximum absolute atomic E-state index is 12.1. The average Bonchev–Trinajstić information content (AvgIpc) is 2.54. The zero-order valence-corrected chi connectivity index (χ0v) is 13.0. The van der Waals surface area contributed by atoms with Crippen molar-refractivity contribution in [1.29, 1.82) is 0 Å². The van der Waals surface area contributed by atoms with Crippen molar-refractivity contribution in [2.45, 2.75) is 32.4 Å². The first kappa shape index (κ1) is 18.3. The summed E-state index contributed by atoms with van der Waals surface area (Å²) in [5, 5.41) is 3.58. The Hall–Kier alpha value is -2.73. The van der Waals surface area contributed by atoms with Gasteiger partial charge in [0.15, 0.2) is 0 Å². The molecule has 0 unspecified atom stereocenters. The second kappa shape index (κ2) is 10.1. The summed E-state index contributed by atoms with van der Waals surface area (Å²) in [7, 11) is 0. The van der Waals surface area contributed by atoms with Gasteiger partial charge >= 0.3 is 12.1 Å². The SMILES string of the molecule is CCOC(=O)O[C@H](C(=O)OCC)[C@@H](Cc1ccccc1)N=[N+]=[N-]. The van der Waals surface area contributed by atoms with E-state index in [-0.39, 0.29) is 19.6 Å². The molecule has 8 heteroatoms. The van der Waals surface area contributed by atoms with E-state index in [1.54, 1.807) is 13.8 Å². The molecule has 1 aromatic carbocycles. The molecule has 0 aliphatic carbocycles. The molecule has 0 amide bonds. The lowest BCUT2D eigenvalue weighted by Crippen LogP contribution is -2.40. The van der Waals surface area contributed by atoms with Crippen LogP contribution >= 0.6 is 0 Å². The smallest absolute Gasteiger partial charge is 0.463 e. The Labute approximate surface area is 134 Å². The summed E-state index contributed by atoms with van der Waals surface area (Å²) >= 11 is 0. The van der Waals surface area contributed by atoms with E-state index in [1.807, 2.05) is 30.3 Å². The summed E-state index contributed by atoms with van der Waals surface area (Å²) in [6.45, 7) is 3.43. The highest BCUT2D eigenvalue weighted by Crippen LogP contribution is 2.15. The van der Waals surface area contributed by atoms with Crippen LogP contribution in [0.15, 0.2) is 35.4 Å². The van der Waals surface area contributed by atoms with Gasteiger partial charge in [0.05, 0.1) is 19.3 Å². The molecule has 0 aromatic heterocycles. The molecular formula is C15H19N3O5. The highest BCUT2D eigenvalue weighted by Gasteiger charge is 2.33. The summed E-state index contributed by atoms with van der Waals surface area (Å²) < 4.78 is 14.6. The Balaban J connectivity index is 2.98. The van der Waals surface area contributed by atoms with Gasteiger partial charge in [-0.3, -0.25) is 0 Å². The molecule has 124 valence electrons. The molecule has 0 N–H and O–H groups in total. The van der Waals surface area contributed by atoms with E-state index >= 15 is 0 Å². The quantitative estimate of drug-likeness (QED) is 0.316. The van der Waals surface area contributed by atoms with Crippen molar-refractivity contribution in [2.24, 2.45) is 5.11 Å². The number of carbonyl (C=O) groups is 2. The van der Waals surface area contributed by atoms with Crippen LogP contribution in [0.5, 0.6) is 0 Å². The van der Waals surface area contributed by atoms with Gasteiger partial charge in [0.25, 0.3) is 0 Å². The highest BCUT2D eigenvalue weighted by molar-refractivity contribution is 5.78. The van der Waals surface area contributed by atoms with Crippen molar-refractivity contribution < 1.29 is 23.8 Å². The van der Waals surface area contributed by atoms with E-state index in [0.717, 1.165) is 5.56 Å². The normalized spacial score (nSPS) is 12.4. The molecule has 0 saturated heterocycles. The topological polar surface area (TPSA) is 111 Å². The third-order valence-electron chi connectivity index (χ3n) is 2.84. The molecule has 0 aliphatic rings. The minimum atomic E-state index is -1.37. The first-order valence-corrected chi connectivity index (χ1v) is 7.20. The Morgan fingerprint density at radius 1 is 1.17 bits per heavy atom. The zero-order valence-electron chi connectivity index (χ0n) is 13.0. The first-order valence-electron chi connectivity index (χ1n) is 7.20. The Kier molecular flexibility index (Phi) is 8.02. The minimum Gasteiger partial charge on any atom is -0.463 e. The van der Waals surface area contributed by atoms with E-state index in [4.69, 9.17) is 15.0 Å². The molecule has 1 aromatic rings. The van der Waals surface area contributed by atoms with Gasteiger partial charge in [-0.25, -0.2) is 9.59 Å². The van der Waals surface area contributed by atoms with Gasteiger partial charge in [-0.1, -0.05) is 35.4 Å². The van der Waals surface area contributed by atoms with Gasteiger partial charge in [0.2, 0.25) is 6.10 Å². The van der Waals surface area contributed by atoms with Crippen LogP contribution in [0.25, 0.3) is 10.4 Å². The molecular weight excluding hydrogens is 302 g/mol. The van der Waals surface area contributed by atoms with Crippen molar-refractivity contribution in [3.05, 3.63) is 46.3 Å². The summed E-state index contributed by atoms with van der Waals surface area (Å²) in [6.07, 6.45) is -2.17. The van der Waals surface area contributed by atoms with Crippen LogP contribution in [0.4, 0.5) is 4.79 Å². The number of azide groups is 1. The predicted octanol–water partition coefficient (Wildman–Crippen LogP) is 3.01. The molecule has 0 spiro atoms. The van der Waals surface area contributed by atoms with Crippen molar-refractivity contribution in [1.82, 2.24) is 0 Å². The van der Waals surface area contributed by atoms with Crippen LogP contribution < -0.4 is 0 Å². The fourth-order valence-electron chi connectivity index (χ4n) is 1.89. The summed E-state index contributed by atoms with van der Waals surface area (Å²) in [5.41, 5.74) is 9.57. The van der Waals surface area contributed by atoms with Crippen LogP contribution in [0.1, 0.15) is 19.4 Å². The molecule has 0 fully saturated rings. The molecule has 0 saturated carbocycles. The Bertz CT molecular complexity index is 557. The van der Waals surface area contributed by atoms with Crippen LogP contribution in [0.3, 0.4) is 0 Å². The van der Waals surface area contributed by atoms with Gasteiger partial charge in [-0.05, 0) is 31.4 Å². The van der Waals surface area contributed by atoms with Crippen LogP contribution in [-0.2, 0) is 25.4 Å². The fraction of sp³-hybridized carbons (Fsp3) is 0.467. The molecule has 23 heavy (non-hydrogen) atoms. The second-order valence-corrected chi connectivity index (χ2v) is 4.44. The lowest BCUT2D eigenvalue weighted by atomic mass is 10.0. The van der Waals surface area contributed by atoms with Crippen LogP contribution in [-0.4, -0.2) is 37.5 Å². The van der Waals surface area contributed by atoms with Gasteiger partial charge < -0.3 is 14.2 Å². The summed E-state index contributed by atoms with van der Waals surface area (Å²) in [5.74, 6) is -0.783. The Morgan fingerprint density at radius 2 is 1.83 bits per heavy atom. The standard InChI is InChI=1S/C15H19N3O5/c1-3-21-14(19)13(23-15(20)22-4-2)12(17-18-16)10-11-8-6-5-7-9-11/h5-9,12-13H,3-4,10H2,1-2H3/t12-,13+/m1/s1. The Morgan fingerprint density at radius 3 is 2.39 bits per heavy atom. The number of ether oxygens (including phenoxy) is 3. The van der Waals surface area contributed by atoms with E-state index in [9.17, 15) is 9.59 Å². The molecule has 2 atom stereocenters. The third kappa shape index (κ3) is 6.27. The lowest BCUT2D eigenvalue weighted by Gasteiger charge is -2.21. The van der Waals surface area contributed by atoms with E-state index in [1.165, 1.54) is 0 Å². The van der Waals surface area contributed by atoms with E-state index in [2.05, 4.69) is 14.8 Å². The second-order valence-electron chi connectivity index (χ2n) is 4.44. The van der Waals surface area contributed by atoms with Crippen molar-refractivity contribution in [2.75, 3.05) is 13.2 Å². The van der Waals surface area contributed by atoms with Crippen molar-refractivity contribution in [3.8, 4) is 0 Å². The largest absolute Gasteiger partial charge is 0.509 e. The lowest BCUT2D eigenvalue weighted by molar-refractivity contribution is -0.155. The maximum atomic E-state index is 12.1. The van der Waals surface area contributed by atoms with Crippen LogP contribution in [0, 0.1) is 0 Å². The molecule has 8 nitrogen and oxygen atoms in total. The van der Waals surface area contributed by atoms with Crippen LogP contribution in [0.2, 0.25) is 0 Å². The number of hydrogen-bond acceptors (Lipinski definition) is 6. The summed E-state index contributed by atoms with van der Waals surface area (Å²) in [4.78, 5) is 26.3. The molecule has 0 radical (unpaired) electrons. The average molecular weight is 321 g/mol.